The quantitative estimate of drug-likeness (QED) is 0.821. The van der Waals surface area contributed by atoms with E-state index in [2.05, 4.69) is 11.4 Å². The first-order valence-corrected chi connectivity index (χ1v) is 7.52. The smallest absolute Gasteiger partial charge is 0.244 e. The van der Waals surface area contributed by atoms with Crippen LogP contribution in [-0.2, 0) is 16.0 Å². The molecule has 1 saturated heterocycles. The van der Waals surface area contributed by atoms with Gasteiger partial charge in [-0.1, -0.05) is 24.3 Å². The Morgan fingerprint density at radius 2 is 1.76 bits per heavy atom. The zero-order valence-corrected chi connectivity index (χ0v) is 12.3. The molecule has 1 aromatic carbocycles. The number of hydrogen-bond donors (Lipinski definition) is 1. The van der Waals surface area contributed by atoms with Crippen molar-refractivity contribution >= 4 is 11.8 Å². The summed E-state index contributed by atoms with van der Waals surface area (Å²) in [4.78, 5) is 27.8. The molecule has 2 aliphatic rings. The maximum Gasteiger partial charge on any atom is 0.244 e. The minimum absolute atomic E-state index is 0.0863. The number of nitrogens with zero attached hydrogens (tertiary/aromatic N) is 2. The van der Waals surface area contributed by atoms with Gasteiger partial charge in [-0.25, -0.2) is 0 Å². The molecule has 3 rings (SSSR count). The Bertz CT molecular complexity index is 550. The molecular weight excluding hydrogens is 266 g/mol. The highest BCUT2D eigenvalue weighted by Gasteiger charge is 2.31. The van der Waals surface area contributed by atoms with Crippen LogP contribution >= 0.6 is 0 Å². The van der Waals surface area contributed by atoms with Crippen molar-refractivity contribution in [3.63, 3.8) is 0 Å². The predicted molar refractivity (Wildman–Crippen MR) is 79.7 cm³/mol. The molecule has 1 unspecified atom stereocenters. The van der Waals surface area contributed by atoms with Crippen LogP contribution in [0.5, 0.6) is 0 Å². The predicted octanol–water partition coefficient (Wildman–Crippen LogP) is 0.564. The molecule has 112 valence electrons. The molecule has 1 N–H and O–H groups in total. The first kappa shape index (κ1) is 14.1. The summed E-state index contributed by atoms with van der Waals surface area (Å²) in [6, 6.07) is 7.91. The van der Waals surface area contributed by atoms with Gasteiger partial charge in [0.05, 0.1) is 0 Å². The van der Waals surface area contributed by atoms with Crippen LogP contribution in [0.25, 0.3) is 0 Å². The second kappa shape index (κ2) is 5.85. The fraction of sp³-hybridized carbons (Fsp3) is 0.500. The summed E-state index contributed by atoms with van der Waals surface area (Å²) in [6.07, 6.45) is 0.970. The van der Waals surface area contributed by atoms with Gasteiger partial charge >= 0.3 is 0 Å². The topological polar surface area (TPSA) is 52.7 Å². The molecule has 0 bridgehead atoms. The van der Waals surface area contributed by atoms with Crippen molar-refractivity contribution in [3.8, 4) is 0 Å². The van der Waals surface area contributed by atoms with Crippen LogP contribution < -0.4 is 5.32 Å². The van der Waals surface area contributed by atoms with Gasteiger partial charge in [0.15, 0.2) is 0 Å². The van der Waals surface area contributed by atoms with Crippen molar-refractivity contribution in [1.82, 2.24) is 15.1 Å². The third-order valence-electron chi connectivity index (χ3n) is 4.39. The molecule has 5 nitrogen and oxygen atoms in total. The number of benzene rings is 1. The monoisotopic (exact) mass is 287 g/mol. The van der Waals surface area contributed by atoms with Gasteiger partial charge in [-0.15, -0.1) is 0 Å². The van der Waals surface area contributed by atoms with Gasteiger partial charge in [0, 0.05) is 39.6 Å². The molecule has 0 radical (unpaired) electrons. The van der Waals surface area contributed by atoms with Crippen molar-refractivity contribution in [2.45, 2.75) is 19.4 Å². The molecule has 1 aromatic rings. The molecule has 2 amide bonds. The number of fused-ring (bicyclic) bond motifs is 1. The minimum Gasteiger partial charge on any atom is -0.339 e. The summed E-state index contributed by atoms with van der Waals surface area (Å²) in [5.41, 5.74) is 2.36. The SMILES string of the molecule is CC(=O)N1CCN(C(=O)C2NCCc3ccccc32)CC1. The molecule has 0 aromatic heterocycles. The molecule has 0 saturated carbocycles. The van der Waals surface area contributed by atoms with Gasteiger partial charge in [-0.05, 0) is 17.5 Å². The Morgan fingerprint density at radius 1 is 1.10 bits per heavy atom. The van der Waals surface area contributed by atoms with Crippen molar-refractivity contribution < 1.29 is 9.59 Å². The van der Waals surface area contributed by atoms with Crippen LogP contribution in [0.1, 0.15) is 24.1 Å². The third-order valence-corrected chi connectivity index (χ3v) is 4.39. The lowest BCUT2D eigenvalue weighted by molar-refractivity contribution is -0.140. The van der Waals surface area contributed by atoms with E-state index in [0.29, 0.717) is 26.2 Å². The van der Waals surface area contributed by atoms with E-state index in [0.717, 1.165) is 18.5 Å². The van der Waals surface area contributed by atoms with E-state index in [1.165, 1.54) is 5.56 Å². The highest BCUT2D eigenvalue weighted by Crippen LogP contribution is 2.24. The van der Waals surface area contributed by atoms with Gasteiger partial charge in [0.25, 0.3) is 0 Å². The van der Waals surface area contributed by atoms with Gasteiger partial charge in [-0.2, -0.15) is 0 Å². The van der Waals surface area contributed by atoms with Gasteiger partial charge in [-0.3, -0.25) is 9.59 Å². The van der Waals surface area contributed by atoms with E-state index in [9.17, 15) is 9.59 Å². The Balaban J connectivity index is 1.71. The Kier molecular flexibility index (Phi) is 3.92. The van der Waals surface area contributed by atoms with Gasteiger partial charge < -0.3 is 15.1 Å². The summed E-state index contributed by atoms with van der Waals surface area (Å²) in [7, 11) is 0. The van der Waals surface area contributed by atoms with E-state index < -0.39 is 0 Å². The first-order chi connectivity index (χ1) is 10.2. The number of nitrogens with one attached hydrogen (secondary N) is 1. The zero-order valence-electron chi connectivity index (χ0n) is 12.3. The third kappa shape index (κ3) is 2.78. The fourth-order valence-corrected chi connectivity index (χ4v) is 3.15. The van der Waals surface area contributed by atoms with E-state index in [4.69, 9.17) is 0 Å². The van der Waals surface area contributed by atoms with Crippen molar-refractivity contribution in [2.75, 3.05) is 32.7 Å². The van der Waals surface area contributed by atoms with Gasteiger partial charge in [0.1, 0.15) is 6.04 Å². The number of hydrogen-bond acceptors (Lipinski definition) is 3. The average molecular weight is 287 g/mol. The minimum atomic E-state index is -0.237. The molecule has 21 heavy (non-hydrogen) atoms. The molecule has 1 fully saturated rings. The maximum atomic E-state index is 12.8. The van der Waals surface area contributed by atoms with E-state index >= 15 is 0 Å². The highest BCUT2D eigenvalue weighted by atomic mass is 16.2. The van der Waals surface area contributed by atoms with Crippen LogP contribution in [0, 0.1) is 0 Å². The van der Waals surface area contributed by atoms with E-state index in [1.54, 1.807) is 11.8 Å². The maximum absolute atomic E-state index is 12.8. The molecule has 1 atom stereocenters. The largest absolute Gasteiger partial charge is 0.339 e. The fourth-order valence-electron chi connectivity index (χ4n) is 3.15. The van der Waals surface area contributed by atoms with Crippen molar-refractivity contribution in [3.05, 3.63) is 35.4 Å². The number of carbonyl (C=O) groups excluding carboxylic acids is 2. The normalized spacial score (nSPS) is 21.9. The molecule has 5 heteroatoms. The highest BCUT2D eigenvalue weighted by molar-refractivity contribution is 5.84. The molecule has 0 spiro atoms. The molecule has 2 heterocycles. The number of carbonyl (C=O) groups is 2. The van der Waals surface area contributed by atoms with Crippen LogP contribution in [-0.4, -0.2) is 54.3 Å². The lowest BCUT2D eigenvalue weighted by atomic mass is 9.93. The number of piperazine rings is 1. The standard InChI is InChI=1S/C16H21N3O2/c1-12(20)18-8-10-19(11-9-18)16(21)15-14-5-3-2-4-13(14)6-7-17-15/h2-5,15,17H,6-11H2,1H3. The molecule has 0 aliphatic carbocycles. The summed E-state index contributed by atoms with van der Waals surface area (Å²) < 4.78 is 0. The zero-order chi connectivity index (χ0) is 14.8. The van der Waals surface area contributed by atoms with Gasteiger partial charge in [0.2, 0.25) is 11.8 Å². The van der Waals surface area contributed by atoms with Crippen LogP contribution in [0.4, 0.5) is 0 Å². The first-order valence-electron chi connectivity index (χ1n) is 7.52. The Hall–Kier alpha value is -1.88. The summed E-state index contributed by atoms with van der Waals surface area (Å²) >= 11 is 0. The van der Waals surface area contributed by atoms with E-state index in [1.807, 2.05) is 23.1 Å². The lowest BCUT2D eigenvalue weighted by Gasteiger charge is -2.37. The van der Waals surface area contributed by atoms with Crippen molar-refractivity contribution in [2.24, 2.45) is 0 Å². The van der Waals surface area contributed by atoms with E-state index in [-0.39, 0.29) is 17.9 Å². The molecular formula is C16H21N3O2. The summed E-state index contributed by atoms with van der Waals surface area (Å²) in [5, 5.41) is 3.33. The lowest BCUT2D eigenvalue weighted by Crippen LogP contribution is -2.53. The van der Waals surface area contributed by atoms with Crippen LogP contribution in [0.3, 0.4) is 0 Å². The average Bonchev–Trinajstić information content (AvgIpc) is 2.53. The second-order valence-corrected chi connectivity index (χ2v) is 5.67. The second-order valence-electron chi connectivity index (χ2n) is 5.67. The summed E-state index contributed by atoms with van der Waals surface area (Å²) in [5.74, 6) is 0.216. The Morgan fingerprint density at radius 3 is 2.48 bits per heavy atom. The van der Waals surface area contributed by atoms with Crippen molar-refractivity contribution in [1.29, 1.82) is 0 Å². The van der Waals surface area contributed by atoms with Crippen LogP contribution in [0.15, 0.2) is 24.3 Å². The summed E-state index contributed by atoms with van der Waals surface area (Å²) in [6.45, 7) is 4.93. The molecule has 2 aliphatic heterocycles. The number of amides is 2. The Labute approximate surface area is 124 Å². The number of rotatable bonds is 1. The van der Waals surface area contributed by atoms with Crippen LogP contribution in [0.2, 0.25) is 0 Å².